The molecule has 92 valence electrons. The maximum Gasteiger partial charge on any atom is 0.311 e. The predicted molar refractivity (Wildman–Crippen MR) is 63.9 cm³/mol. The topological polar surface area (TPSA) is 69.4 Å². The number of ether oxygens (including phenoxy) is 1. The molecule has 0 amide bonds. The Balaban J connectivity index is 3.17. The van der Waals surface area contributed by atoms with Crippen LogP contribution in [-0.4, -0.2) is 22.7 Å². The Morgan fingerprint density at radius 3 is 2.65 bits per heavy atom. The van der Waals surface area contributed by atoms with Gasteiger partial charge in [-0.15, -0.1) is 11.6 Å². The van der Waals surface area contributed by atoms with Gasteiger partial charge in [-0.25, -0.2) is 0 Å². The molecule has 0 aliphatic heterocycles. The Hall–Kier alpha value is -1.62. The van der Waals surface area contributed by atoms with Gasteiger partial charge in [0.05, 0.1) is 16.9 Å². The number of alkyl halides is 1. The number of Topliss-reactive ketones (excluding diaryl/α,β-unsaturated/α-hetero) is 1. The van der Waals surface area contributed by atoms with E-state index in [9.17, 15) is 14.9 Å². The molecule has 6 heteroatoms. The highest BCUT2D eigenvalue weighted by Crippen LogP contribution is 2.29. The van der Waals surface area contributed by atoms with E-state index in [2.05, 4.69) is 0 Å². The van der Waals surface area contributed by atoms with Crippen LogP contribution < -0.4 is 4.74 Å². The van der Waals surface area contributed by atoms with E-state index in [0.29, 0.717) is 0 Å². The largest absolute Gasteiger partial charge is 0.484 e. The fraction of sp³-hybridized carbons (Fsp3) is 0.364. The van der Waals surface area contributed by atoms with Gasteiger partial charge in [-0.05, 0) is 26.0 Å². The van der Waals surface area contributed by atoms with Gasteiger partial charge >= 0.3 is 5.69 Å². The average molecular weight is 258 g/mol. The second-order valence-electron chi connectivity index (χ2n) is 3.66. The predicted octanol–water partition coefficient (Wildman–Crippen LogP) is 2.80. The molecule has 1 aromatic rings. The molecule has 0 spiro atoms. The Bertz CT molecular complexity index is 445. The SMILES string of the molecule is CC(C)Oc1ccc(C(=O)CCl)cc1[N+](=O)[O-]. The summed E-state index contributed by atoms with van der Waals surface area (Å²) >= 11 is 5.39. The van der Waals surface area contributed by atoms with Crippen LogP contribution in [0.15, 0.2) is 18.2 Å². The Morgan fingerprint density at radius 1 is 1.53 bits per heavy atom. The van der Waals surface area contributed by atoms with Crippen LogP contribution in [0.5, 0.6) is 5.75 Å². The van der Waals surface area contributed by atoms with Crippen LogP contribution in [0.25, 0.3) is 0 Å². The van der Waals surface area contributed by atoms with Gasteiger partial charge in [-0.1, -0.05) is 0 Å². The quantitative estimate of drug-likeness (QED) is 0.352. The lowest BCUT2D eigenvalue weighted by molar-refractivity contribution is -0.386. The second kappa shape index (κ2) is 5.63. The van der Waals surface area contributed by atoms with Crippen molar-refractivity contribution in [3.8, 4) is 5.75 Å². The van der Waals surface area contributed by atoms with E-state index in [1.807, 2.05) is 0 Å². The molecule has 0 saturated carbocycles. The van der Waals surface area contributed by atoms with Gasteiger partial charge in [0.25, 0.3) is 0 Å². The van der Waals surface area contributed by atoms with E-state index >= 15 is 0 Å². The molecule has 0 saturated heterocycles. The van der Waals surface area contributed by atoms with Crippen LogP contribution >= 0.6 is 11.6 Å². The highest BCUT2D eigenvalue weighted by molar-refractivity contribution is 6.30. The first-order valence-electron chi connectivity index (χ1n) is 5.00. The van der Waals surface area contributed by atoms with Crippen LogP contribution in [0.1, 0.15) is 24.2 Å². The lowest BCUT2D eigenvalue weighted by Gasteiger charge is -2.10. The molecule has 0 aromatic heterocycles. The average Bonchev–Trinajstić information content (AvgIpc) is 2.27. The van der Waals surface area contributed by atoms with Gasteiger partial charge in [0.1, 0.15) is 0 Å². The van der Waals surface area contributed by atoms with Crippen LogP contribution in [0, 0.1) is 10.1 Å². The van der Waals surface area contributed by atoms with E-state index in [-0.39, 0.29) is 34.8 Å². The fourth-order valence-electron chi connectivity index (χ4n) is 1.26. The minimum atomic E-state index is -0.581. The summed E-state index contributed by atoms with van der Waals surface area (Å²) in [6.45, 7) is 3.53. The maximum absolute atomic E-state index is 11.3. The minimum absolute atomic E-state index is 0.149. The summed E-state index contributed by atoms with van der Waals surface area (Å²) < 4.78 is 5.29. The van der Waals surface area contributed by atoms with Crippen molar-refractivity contribution in [2.24, 2.45) is 0 Å². The molecule has 0 aliphatic carbocycles. The van der Waals surface area contributed by atoms with Gasteiger partial charge in [0.2, 0.25) is 0 Å². The number of nitrogens with zero attached hydrogens (tertiary/aromatic N) is 1. The summed E-state index contributed by atoms with van der Waals surface area (Å²) in [5.74, 6) is -0.413. The fourth-order valence-corrected chi connectivity index (χ4v) is 1.42. The number of carbonyl (C=O) groups is 1. The first-order valence-corrected chi connectivity index (χ1v) is 5.53. The molecule has 1 aromatic carbocycles. The van der Waals surface area contributed by atoms with E-state index in [4.69, 9.17) is 16.3 Å². The summed E-state index contributed by atoms with van der Waals surface area (Å²) in [4.78, 5) is 21.6. The van der Waals surface area contributed by atoms with Crippen molar-refractivity contribution in [2.75, 3.05) is 5.88 Å². The number of hydrogen-bond donors (Lipinski definition) is 0. The number of halogens is 1. The summed E-state index contributed by atoms with van der Waals surface area (Å²) in [6.07, 6.45) is -0.178. The third-order valence-corrected chi connectivity index (χ3v) is 2.20. The zero-order chi connectivity index (χ0) is 13.0. The monoisotopic (exact) mass is 257 g/mol. The molecule has 0 unspecified atom stereocenters. The minimum Gasteiger partial charge on any atom is -0.484 e. The van der Waals surface area contributed by atoms with Gasteiger partial charge in [-0.2, -0.15) is 0 Å². The zero-order valence-electron chi connectivity index (χ0n) is 9.47. The van der Waals surface area contributed by atoms with Crippen molar-refractivity contribution in [2.45, 2.75) is 20.0 Å². The molecular formula is C11H12ClNO4. The molecule has 17 heavy (non-hydrogen) atoms. The molecule has 0 heterocycles. The van der Waals surface area contributed by atoms with E-state index in [1.165, 1.54) is 18.2 Å². The molecule has 0 atom stereocenters. The highest BCUT2D eigenvalue weighted by atomic mass is 35.5. The Kier molecular flexibility index (Phi) is 4.45. The Morgan fingerprint density at radius 2 is 2.18 bits per heavy atom. The number of rotatable bonds is 5. The van der Waals surface area contributed by atoms with Gasteiger partial charge in [-0.3, -0.25) is 14.9 Å². The molecule has 1 rings (SSSR count). The van der Waals surface area contributed by atoms with Crippen molar-refractivity contribution in [1.29, 1.82) is 0 Å². The van der Waals surface area contributed by atoms with Crippen LogP contribution in [0.3, 0.4) is 0 Å². The smallest absolute Gasteiger partial charge is 0.311 e. The normalized spacial score (nSPS) is 10.4. The standard InChI is InChI=1S/C11H12ClNO4/c1-7(2)17-11-4-3-8(10(14)6-12)5-9(11)13(15)16/h3-5,7H,6H2,1-2H3. The highest BCUT2D eigenvalue weighted by Gasteiger charge is 2.19. The van der Waals surface area contributed by atoms with E-state index < -0.39 is 4.92 Å². The number of ketones is 1. The molecule has 0 aliphatic rings. The number of nitro benzene ring substituents is 1. The van der Waals surface area contributed by atoms with Crippen LogP contribution in [-0.2, 0) is 0 Å². The molecular weight excluding hydrogens is 246 g/mol. The second-order valence-corrected chi connectivity index (χ2v) is 3.93. The van der Waals surface area contributed by atoms with E-state index in [0.717, 1.165) is 0 Å². The van der Waals surface area contributed by atoms with Crippen molar-refractivity contribution < 1.29 is 14.5 Å². The van der Waals surface area contributed by atoms with E-state index in [1.54, 1.807) is 13.8 Å². The molecule has 5 nitrogen and oxygen atoms in total. The third-order valence-electron chi connectivity index (χ3n) is 1.96. The summed E-state index contributed by atoms with van der Waals surface area (Å²) in [5.41, 5.74) is -0.0162. The molecule has 0 radical (unpaired) electrons. The van der Waals surface area contributed by atoms with Crippen molar-refractivity contribution in [1.82, 2.24) is 0 Å². The zero-order valence-corrected chi connectivity index (χ0v) is 10.2. The number of carbonyl (C=O) groups excluding carboxylic acids is 1. The first kappa shape index (κ1) is 13.4. The van der Waals surface area contributed by atoms with Crippen LogP contribution in [0.4, 0.5) is 5.69 Å². The Labute approximate surface area is 103 Å². The third kappa shape index (κ3) is 3.42. The number of benzene rings is 1. The van der Waals surface area contributed by atoms with Gasteiger partial charge in [0.15, 0.2) is 11.5 Å². The molecule has 0 fully saturated rings. The summed E-state index contributed by atoms with van der Waals surface area (Å²) in [6, 6.07) is 4.07. The number of nitro groups is 1. The lowest BCUT2D eigenvalue weighted by atomic mass is 10.1. The van der Waals surface area contributed by atoms with Crippen molar-refractivity contribution in [3.63, 3.8) is 0 Å². The number of hydrogen-bond acceptors (Lipinski definition) is 4. The molecule has 0 bridgehead atoms. The first-order chi connectivity index (χ1) is 7.95. The van der Waals surface area contributed by atoms with Crippen molar-refractivity contribution >= 4 is 23.1 Å². The van der Waals surface area contributed by atoms with Crippen molar-refractivity contribution in [3.05, 3.63) is 33.9 Å². The van der Waals surface area contributed by atoms with Gasteiger partial charge < -0.3 is 4.74 Å². The maximum atomic E-state index is 11.3. The van der Waals surface area contributed by atoms with Crippen LogP contribution in [0.2, 0.25) is 0 Å². The summed E-state index contributed by atoms with van der Waals surface area (Å²) in [5, 5.41) is 10.8. The molecule has 0 N–H and O–H groups in total. The summed E-state index contributed by atoms with van der Waals surface area (Å²) in [7, 11) is 0. The lowest BCUT2D eigenvalue weighted by Crippen LogP contribution is -2.08. The van der Waals surface area contributed by atoms with Gasteiger partial charge in [0, 0.05) is 11.6 Å².